The lowest BCUT2D eigenvalue weighted by Gasteiger charge is -2.37. The van der Waals surface area contributed by atoms with Crippen LogP contribution in [-0.2, 0) is 4.79 Å². The highest BCUT2D eigenvalue weighted by Gasteiger charge is 2.39. The Morgan fingerprint density at radius 3 is 2.62 bits per heavy atom. The average Bonchev–Trinajstić information content (AvgIpc) is 2.48. The topological polar surface area (TPSA) is 58.4 Å². The highest BCUT2D eigenvalue weighted by molar-refractivity contribution is 5.96. The number of nitrogens with one attached hydrogen (secondary N) is 1. The van der Waals surface area contributed by atoms with Crippen molar-refractivity contribution in [1.82, 2.24) is 0 Å². The molecule has 1 aliphatic carbocycles. The molecule has 21 heavy (non-hydrogen) atoms. The minimum atomic E-state index is -0.388. The van der Waals surface area contributed by atoms with E-state index in [0.29, 0.717) is 12.5 Å². The predicted octanol–water partition coefficient (Wildman–Crippen LogP) is 2.85. The van der Waals surface area contributed by atoms with E-state index in [4.69, 9.17) is 5.73 Å². The lowest BCUT2D eigenvalue weighted by Crippen LogP contribution is -2.44. The Morgan fingerprint density at radius 1 is 1.38 bits per heavy atom. The van der Waals surface area contributed by atoms with E-state index in [9.17, 15) is 4.79 Å². The summed E-state index contributed by atoms with van der Waals surface area (Å²) in [6.07, 6.45) is 3.96. The predicted molar refractivity (Wildman–Crippen MR) is 88.5 cm³/mol. The molecule has 0 atom stereocenters. The van der Waals surface area contributed by atoms with E-state index in [1.54, 1.807) is 0 Å². The van der Waals surface area contributed by atoms with Gasteiger partial charge in [-0.3, -0.25) is 4.79 Å². The van der Waals surface area contributed by atoms with Gasteiger partial charge in [-0.25, -0.2) is 0 Å². The maximum Gasteiger partial charge on any atom is 0.231 e. The largest absolute Gasteiger partial charge is 0.378 e. The molecule has 1 aromatic carbocycles. The second-order valence-corrected chi connectivity index (χ2v) is 6.57. The lowest BCUT2D eigenvalue weighted by atomic mass is 9.70. The molecule has 1 saturated carbocycles. The molecule has 0 radical (unpaired) electrons. The number of nitrogens with two attached hydrogens (primary N) is 1. The first-order valence-corrected chi connectivity index (χ1v) is 7.76. The summed E-state index contributed by atoms with van der Waals surface area (Å²) in [7, 11) is 3.98. The molecule has 4 nitrogen and oxygen atoms in total. The summed E-state index contributed by atoms with van der Waals surface area (Å²) in [5.41, 5.74) is 7.48. The van der Waals surface area contributed by atoms with Crippen LogP contribution in [0.1, 0.15) is 32.6 Å². The molecule has 0 saturated heterocycles. The van der Waals surface area contributed by atoms with Crippen molar-refractivity contribution in [3.63, 3.8) is 0 Å². The molecule has 4 heteroatoms. The van der Waals surface area contributed by atoms with Crippen LogP contribution in [0.4, 0.5) is 11.4 Å². The summed E-state index contributed by atoms with van der Waals surface area (Å²) in [6.45, 7) is 2.68. The fourth-order valence-electron chi connectivity index (χ4n) is 2.96. The molecule has 2 rings (SSSR count). The highest BCUT2D eigenvalue weighted by Crippen LogP contribution is 2.39. The average molecular weight is 289 g/mol. The minimum absolute atomic E-state index is 0.0767. The Hall–Kier alpha value is -1.55. The minimum Gasteiger partial charge on any atom is -0.378 e. The normalized spacial score (nSPS) is 25.4. The smallest absolute Gasteiger partial charge is 0.231 e. The standard InChI is InChI=1S/C17H27N3O/c1-13-7-9-17(12-18,10-8-13)16(21)19-14-5-4-6-15(11-14)20(2)3/h4-6,11,13H,7-10,12,18H2,1-3H3,(H,19,21). The molecule has 1 aliphatic rings. The number of rotatable bonds is 4. The van der Waals surface area contributed by atoms with Crippen molar-refractivity contribution >= 4 is 17.3 Å². The first kappa shape index (κ1) is 15.8. The summed E-state index contributed by atoms with van der Waals surface area (Å²) in [5.74, 6) is 0.780. The molecule has 116 valence electrons. The van der Waals surface area contributed by atoms with Gasteiger partial charge in [0.25, 0.3) is 0 Å². The third-order valence-corrected chi connectivity index (χ3v) is 4.72. The zero-order valence-electron chi connectivity index (χ0n) is 13.4. The van der Waals surface area contributed by atoms with E-state index in [-0.39, 0.29) is 11.3 Å². The lowest BCUT2D eigenvalue weighted by molar-refractivity contribution is -0.127. The van der Waals surface area contributed by atoms with Gasteiger partial charge in [0.1, 0.15) is 0 Å². The number of carbonyl (C=O) groups is 1. The van der Waals surface area contributed by atoms with E-state index in [0.717, 1.165) is 37.1 Å². The number of hydrogen-bond donors (Lipinski definition) is 2. The Bertz CT molecular complexity index is 491. The van der Waals surface area contributed by atoms with Gasteiger partial charge < -0.3 is 16.0 Å². The number of carbonyl (C=O) groups excluding carboxylic acids is 1. The van der Waals surface area contributed by atoms with Gasteiger partial charge in [-0.15, -0.1) is 0 Å². The Morgan fingerprint density at radius 2 is 2.05 bits per heavy atom. The van der Waals surface area contributed by atoms with E-state index in [1.807, 2.05) is 43.3 Å². The Kier molecular flexibility index (Phi) is 4.88. The van der Waals surface area contributed by atoms with Gasteiger partial charge in [0.05, 0.1) is 5.41 Å². The molecular formula is C17H27N3O. The van der Waals surface area contributed by atoms with Crippen molar-refractivity contribution in [2.75, 3.05) is 30.9 Å². The number of benzene rings is 1. The maximum absolute atomic E-state index is 12.7. The molecule has 3 N–H and O–H groups in total. The zero-order valence-corrected chi connectivity index (χ0v) is 13.4. The van der Waals surface area contributed by atoms with Crippen LogP contribution in [0, 0.1) is 11.3 Å². The Balaban J connectivity index is 2.11. The molecule has 0 aromatic heterocycles. The number of nitrogens with zero attached hydrogens (tertiary/aromatic N) is 1. The van der Waals surface area contributed by atoms with Crippen molar-refractivity contribution in [3.8, 4) is 0 Å². The summed E-state index contributed by atoms with van der Waals surface area (Å²) >= 11 is 0. The molecule has 0 heterocycles. The SMILES string of the molecule is CC1CCC(CN)(C(=O)Nc2cccc(N(C)C)c2)CC1. The molecule has 0 aliphatic heterocycles. The third-order valence-electron chi connectivity index (χ3n) is 4.72. The van der Waals surface area contributed by atoms with E-state index < -0.39 is 0 Å². The second kappa shape index (κ2) is 6.48. The van der Waals surface area contributed by atoms with Crippen LogP contribution in [0.15, 0.2) is 24.3 Å². The van der Waals surface area contributed by atoms with Crippen LogP contribution in [0.3, 0.4) is 0 Å². The van der Waals surface area contributed by atoms with Gasteiger partial charge in [0, 0.05) is 32.0 Å². The van der Waals surface area contributed by atoms with Gasteiger partial charge in [0.2, 0.25) is 5.91 Å². The van der Waals surface area contributed by atoms with Crippen molar-refractivity contribution in [2.45, 2.75) is 32.6 Å². The van der Waals surface area contributed by atoms with Crippen LogP contribution in [0.2, 0.25) is 0 Å². The first-order chi connectivity index (χ1) is 9.97. The molecule has 1 amide bonds. The fraction of sp³-hybridized carbons (Fsp3) is 0.588. The second-order valence-electron chi connectivity index (χ2n) is 6.57. The Labute approximate surface area is 127 Å². The van der Waals surface area contributed by atoms with E-state index in [2.05, 4.69) is 12.2 Å². The summed E-state index contributed by atoms with van der Waals surface area (Å²) in [4.78, 5) is 14.7. The van der Waals surface area contributed by atoms with E-state index in [1.165, 1.54) is 0 Å². The quantitative estimate of drug-likeness (QED) is 0.896. The van der Waals surface area contributed by atoms with Gasteiger partial charge in [-0.05, 0) is 49.8 Å². The van der Waals surface area contributed by atoms with Crippen molar-refractivity contribution in [1.29, 1.82) is 0 Å². The maximum atomic E-state index is 12.7. The molecule has 1 aromatic rings. The monoisotopic (exact) mass is 289 g/mol. The van der Waals surface area contributed by atoms with Crippen molar-refractivity contribution in [2.24, 2.45) is 17.1 Å². The van der Waals surface area contributed by atoms with E-state index >= 15 is 0 Å². The van der Waals surface area contributed by atoms with Crippen LogP contribution in [0.5, 0.6) is 0 Å². The number of amides is 1. The zero-order chi connectivity index (χ0) is 15.5. The van der Waals surface area contributed by atoms with Crippen LogP contribution in [0.25, 0.3) is 0 Å². The van der Waals surface area contributed by atoms with Gasteiger partial charge in [-0.2, -0.15) is 0 Å². The fourth-order valence-corrected chi connectivity index (χ4v) is 2.96. The first-order valence-electron chi connectivity index (χ1n) is 7.76. The molecule has 0 unspecified atom stereocenters. The number of anilines is 2. The summed E-state index contributed by atoms with van der Waals surface area (Å²) in [6, 6.07) is 7.91. The van der Waals surface area contributed by atoms with Gasteiger partial charge in [0.15, 0.2) is 0 Å². The molecule has 0 spiro atoms. The van der Waals surface area contributed by atoms with Crippen molar-refractivity contribution < 1.29 is 4.79 Å². The third kappa shape index (κ3) is 3.56. The summed E-state index contributed by atoms with van der Waals surface area (Å²) in [5, 5.41) is 3.07. The molecular weight excluding hydrogens is 262 g/mol. The van der Waals surface area contributed by atoms with Crippen LogP contribution >= 0.6 is 0 Å². The van der Waals surface area contributed by atoms with Crippen molar-refractivity contribution in [3.05, 3.63) is 24.3 Å². The van der Waals surface area contributed by atoms with Crippen LogP contribution in [-0.4, -0.2) is 26.5 Å². The summed E-state index contributed by atoms with van der Waals surface area (Å²) < 4.78 is 0. The van der Waals surface area contributed by atoms with Gasteiger partial charge in [-0.1, -0.05) is 13.0 Å². The molecule has 0 bridgehead atoms. The highest BCUT2D eigenvalue weighted by atomic mass is 16.2. The van der Waals surface area contributed by atoms with Crippen LogP contribution < -0.4 is 16.0 Å². The number of hydrogen-bond acceptors (Lipinski definition) is 3. The van der Waals surface area contributed by atoms with Gasteiger partial charge >= 0.3 is 0 Å². The molecule has 1 fully saturated rings.